The van der Waals surface area contributed by atoms with Crippen LogP contribution in [0.2, 0.25) is 0 Å². The van der Waals surface area contributed by atoms with E-state index in [0.29, 0.717) is 0 Å². The molecule has 0 spiro atoms. The lowest BCUT2D eigenvalue weighted by atomic mass is 9.71. The first kappa shape index (κ1) is 27.1. The molecule has 3 nitrogen and oxygen atoms in total. The molecular weight excluding hydrogens is 547 g/mol. The van der Waals surface area contributed by atoms with Crippen molar-refractivity contribution >= 4 is 58.1 Å². The molecule has 0 bridgehead atoms. The third-order valence-corrected chi connectivity index (χ3v) is 9.73. The fraction of sp³-hybridized carbons (Fsp3) is 0.367. The monoisotopic (exact) mass is 580 g/mol. The lowest BCUT2D eigenvalue weighted by molar-refractivity contribution is -0.114. The molecule has 0 radical (unpaired) electrons. The lowest BCUT2D eigenvalue weighted by Gasteiger charge is -2.31. The summed E-state index contributed by atoms with van der Waals surface area (Å²) < 4.78 is 2.19. The molecule has 188 valence electrons. The largest absolute Gasteiger partial charge is 0.289 e. The van der Waals surface area contributed by atoms with Gasteiger partial charge in [-0.05, 0) is 63.6 Å². The molecule has 1 aromatic heterocycles. The van der Waals surface area contributed by atoms with Crippen LogP contribution in [0.15, 0.2) is 91.4 Å². The average Bonchev–Trinajstić information content (AvgIpc) is 3.12. The molecule has 0 fully saturated rings. The summed E-state index contributed by atoms with van der Waals surface area (Å²) >= 11 is 5.57. The number of Topliss-reactive ketones (excluding diaryl/α,β-unsaturated/α-hetero) is 1. The fourth-order valence-corrected chi connectivity index (χ4v) is 6.60. The van der Waals surface area contributed by atoms with Crippen molar-refractivity contribution in [2.24, 2.45) is 21.1 Å². The Morgan fingerprint density at radius 2 is 1.67 bits per heavy atom. The van der Waals surface area contributed by atoms with Crippen LogP contribution in [-0.4, -0.2) is 11.3 Å². The smallest absolute Gasteiger partial charge is 0.186 e. The van der Waals surface area contributed by atoms with E-state index in [9.17, 15) is 4.79 Å². The molecule has 6 heteroatoms. The van der Waals surface area contributed by atoms with E-state index in [1.807, 2.05) is 18.2 Å². The van der Waals surface area contributed by atoms with Crippen LogP contribution in [-0.2, 0) is 4.79 Å². The molecule has 1 heterocycles. The molecule has 4 rings (SSSR count). The number of azo groups is 1. The second-order valence-electron chi connectivity index (χ2n) is 11.7. The van der Waals surface area contributed by atoms with Gasteiger partial charge in [0.2, 0.25) is 0 Å². The number of thiophene rings is 1. The average molecular weight is 582 g/mol. The second kappa shape index (κ2) is 9.74. The Morgan fingerprint density at radius 3 is 2.22 bits per heavy atom. The highest BCUT2D eigenvalue weighted by Gasteiger charge is 2.35. The predicted octanol–water partition coefficient (Wildman–Crippen LogP) is 9.83. The highest BCUT2D eigenvalue weighted by Crippen LogP contribution is 2.46. The molecule has 1 aromatic carbocycles. The number of ketones is 1. The zero-order chi connectivity index (χ0) is 26.5. The number of halogens is 1. The maximum Gasteiger partial charge on any atom is 0.186 e. The Morgan fingerprint density at radius 1 is 1.06 bits per heavy atom. The van der Waals surface area contributed by atoms with Crippen LogP contribution in [0.5, 0.6) is 0 Å². The molecule has 36 heavy (non-hydrogen) atoms. The molecule has 0 N–H and O–H groups in total. The summed E-state index contributed by atoms with van der Waals surface area (Å²) in [6, 6.07) is 8.35. The molecular formula is C30H34BrN2OPS. The number of allylic oxidation sites excluding steroid dienone is 7. The van der Waals surface area contributed by atoms with E-state index in [4.69, 9.17) is 10.2 Å². The quantitative estimate of drug-likeness (QED) is 0.263. The van der Waals surface area contributed by atoms with E-state index < -0.39 is 5.54 Å². The van der Waals surface area contributed by atoms with Gasteiger partial charge >= 0.3 is 0 Å². The first-order valence-electron chi connectivity index (χ1n) is 12.2. The highest BCUT2D eigenvalue weighted by molar-refractivity contribution is 9.10. The van der Waals surface area contributed by atoms with Crippen molar-refractivity contribution in [1.29, 1.82) is 0 Å². The first-order chi connectivity index (χ1) is 16.7. The number of rotatable bonds is 3. The Kier molecular flexibility index (Phi) is 7.33. The van der Waals surface area contributed by atoms with Crippen LogP contribution in [0.4, 0.5) is 0 Å². The van der Waals surface area contributed by atoms with Gasteiger partial charge in [-0.25, -0.2) is 0 Å². The van der Waals surface area contributed by atoms with Gasteiger partial charge in [-0.3, -0.25) is 4.79 Å². The van der Waals surface area contributed by atoms with Gasteiger partial charge in [-0.2, -0.15) is 10.2 Å². The fourth-order valence-electron chi connectivity index (χ4n) is 4.31. The van der Waals surface area contributed by atoms with E-state index in [1.54, 1.807) is 11.3 Å². The minimum atomic E-state index is -0.438. The van der Waals surface area contributed by atoms with E-state index in [2.05, 4.69) is 110 Å². The number of hydrogen-bond donors (Lipinski definition) is 0. The second-order valence-corrected chi connectivity index (χ2v) is 14.2. The van der Waals surface area contributed by atoms with Gasteiger partial charge in [0.05, 0.1) is 4.88 Å². The first-order valence-corrected chi connectivity index (χ1v) is 14.4. The predicted molar refractivity (Wildman–Crippen MR) is 161 cm³/mol. The van der Waals surface area contributed by atoms with E-state index in [1.165, 1.54) is 4.70 Å². The summed E-state index contributed by atoms with van der Waals surface area (Å²) in [5, 5.41) is 12.1. The van der Waals surface area contributed by atoms with Crippen molar-refractivity contribution in [3.63, 3.8) is 0 Å². The zero-order valence-electron chi connectivity index (χ0n) is 22.1. The maximum atomic E-state index is 13.6. The number of carbonyl (C=O) groups is 1. The highest BCUT2D eigenvalue weighted by atomic mass is 79.9. The minimum absolute atomic E-state index is 0.116. The number of carbonyl (C=O) groups excluding carboxylic acids is 1. The zero-order valence-corrected chi connectivity index (χ0v) is 25.6. The normalized spacial score (nSPS) is 21.2. The Bertz CT molecular complexity index is 1390. The van der Waals surface area contributed by atoms with Crippen molar-refractivity contribution in [2.45, 2.75) is 60.4 Å². The van der Waals surface area contributed by atoms with Crippen LogP contribution in [0.3, 0.4) is 0 Å². The summed E-state index contributed by atoms with van der Waals surface area (Å²) in [5.74, 6) is 0.116. The molecule has 2 aliphatic carbocycles. The molecule has 0 saturated carbocycles. The van der Waals surface area contributed by atoms with Gasteiger partial charge in [-0.1, -0.05) is 78.0 Å². The van der Waals surface area contributed by atoms with Crippen molar-refractivity contribution in [3.05, 3.63) is 86.0 Å². The summed E-state index contributed by atoms with van der Waals surface area (Å²) in [6.45, 7) is 14.7. The van der Waals surface area contributed by atoms with Gasteiger partial charge in [0.25, 0.3) is 0 Å². The molecule has 2 aliphatic rings. The number of nitrogens with zero attached hydrogens (tertiary/aromatic N) is 2. The molecule has 2 unspecified atom stereocenters. The summed E-state index contributed by atoms with van der Waals surface area (Å²) in [4.78, 5) is 14.6. The van der Waals surface area contributed by atoms with Crippen molar-refractivity contribution in [1.82, 2.24) is 0 Å². The van der Waals surface area contributed by atoms with E-state index in [0.717, 1.165) is 48.9 Å². The van der Waals surface area contributed by atoms with E-state index in [-0.39, 0.29) is 16.6 Å². The van der Waals surface area contributed by atoms with Crippen molar-refractivity contribution in [3.8, 4) is 0 Å². The Hall–Kier alpha value is -1.94. The molecule has 0 aliphatic heterocycles. The van der Waals surface area contributed by atoms with Crippen LogP contribution in [0.25, 0.3) is 15.8 Å². The van der Waals surface area contributed by atoms with Gasteiger partial charge < -0.3 is 0 Å². The molecule has 2 atom stereocenters. The third kappa shape index (κ3) is 5.21. The lowest BCUT2D eigenvalue weighted by Crippen LogP contribution is -2.28. The minimum Gasteiger partial charge on any atom is -0.289 e. The van der Waals surface area contributed by atoms with Crippen molar-refractivity contribution in [2.75, 3.05) is 0 Å². The van der Waals surface area contributed by atoms with Gasteiger partial charge in [-0.15, -0.1) is 20.6 Å². The number of hydrogen-bond acceptors (Lipinski definition) is 4. The number of benzene rings is 1. The summed E-state index contributed by atoms with van der Waals surface area (Å²) in [5.41, 5.74) is 2.26. The van der Waals surface area contributed by atoms with E-state index >= 15 is 0 Å². The van der Waals surface area contributed by atoms with Crippen LogP contribution >= 0.6 is 36.5 Å². The summed E-state index contributed by atoms with van der Waals surface area (Å²) in [7, 11) is 2.82. The standard InChI is InChI=1S/C30H34BrN2OPS/c1-28(2,3)20-16-18(17-21(26(20)34)29(4,5)6)25(32-33-30(7)15-11-10-14-23(30)35)27-24(31)19-12-8-9-13-22(19)36-27/h8-14,16-17H,15,35H2,1-7H3. The third-order valence-electron chi connectivity index (χ3n) is 6.65. The molecule has 2 aromatic rings. The van der Waals surface area contributed by atoms with Crippen LogP contribution in [0, 0.1) is 10.8 Å². The van der Waals surface area contributed by atoms with Gasteiger partial charge in [0, 0.05) is 31.3 Å². The topological polar surface area (TPSA) is 41.8 Å². The molecule has 0 saturated heterocycles. The van der Waals surface area contributed by atoms with Gasteiger partial charge in [0.1, 0.15) is 11.2 Å². The number of fused-ring (bicyclic) bond motifs is 1. The molecule has 0 amide bonds. The van der Waals surface area contributed by atoms with Gasteiger partial charge in [0.15, 0.2) is 5.78 Å². The Balaban J connectivity index is 2.04. The van der Waals surface area contributed by atoms with Crippen molar-refractivity contribution < 1.29 is 4.79 Å². The Labute approximate surface area is 229 Å². The summed E-state index contributed by atoms with van der Waals surface area (Å²) in [6.07, 6.45) is 11.1. The SMILES string of the molecule is CC(C)(C)C1=CC(=C(N=NC2(C)CC=CC=C2P)c2sc3ccccc3c2Br)C=C(C(C)(C)C)C1=O. The van der Waals surface area contributed by atoms with Crippen LogP contribution < -0.4 is 0 Å². The maximum absolute atomic E-state index is 13.6. The van der Waals surface area contributed by atoms with Crippen LogP contribution in [0.1, 0.15) is 59.8 Å².